The fourth-order valence-corrected chi connectivity index (χ4v) is 3.90. The van der Waals surface area contributed by atoms with E-state index in [0.717, 1.165) is 50.0 Å². The Morgan fingerprint density at radius 3 is 2.59 bits per heavy atom. The van der Waals surface area contributed by atoms with Gasteiger partial charge in [-0.25, -0.2) is 0 Å². The summed E-state index contributed by atoms with van der Waals surface area (Å²) in [7, 11) is 4.12. The average molecular weight is 419 g/mol. The number of hydrogen-bond donors (Lipinski definition) is 2. The molecule has 2 N–H and O–H groups in total. The maximum absolute atomic E-state index is 5.96. The average Bonchev–Trinajstić information content (AvgIpc) is 3.16. The Bertz CT molecular complexity index is 717. The van der Waals surface area contributed by atoms with Crippen LogP contribution >= 0.6 is 11.7 Å². The Kier molecular flexibility index (Phi) is 8.98. The predicted molar refractivity (Wildman–Crippen MR) is 121 cm³/mol. The number of likely N-dealkylation sites (tertiary alicyclic amines) is 1. The van der Waals surface area contributed by atoms with E-state index >= 15 is 0 Å². The summed E-state index contributed by atoms with van der Waals surface area (Å²) in [5.74, 6) is 2.63. The van der Waals surface area contributed by atoms with Gasteiger partial charge in [-0.15, -0.1) is 0 Å². The van der Waals surface area contributed by atoms with Gasteiger partial charge in [-0.2, -0.15) is 8.75 Å². The third-order valence-corrected chi connectivity index (χ3v) is 5.50. The van der Waals surface area contributed by atoms with Crippen LogP contribution in [0.1, 0.15) is 31.2 Å². The van der Waals surface area contributed by atoms with E-state index in [4.69, 9.17) is 4.74 Å². The van der Waals surface area contributed by atoms with Gasteiger partial charge in [0.25, 0.3) is 0 Å². The quantitative estimate of drug-likeness (QED) is 0.512. The van der Waals surface area contributed by atoms with Gasteiger partial charge in [0, 0.05) is 26.2 Å². The van der Waals surface area contributed by atoms with Crippen LogP contribution in [0.4, 0.5) is 11.6 Å². The van der Waals surface area contributed by atoms with E-state index < -0.39 is 0 Å². The van der Waals surface area contributed by atoms with Crippen LogP contribution in [0.3, 0.4) is 0 Å². The Hall–Kier alpha value is -1.90. The van der Waals surface area contributed by atoms with E-state index in [0.29, 0.717) is 6.61 Å². The second-order valence-electron chi connectivity index (χ2n) is 7.80. The van der Waals surface area contributed by atoms with Gasteiger partial charge in [0.2, 0.25) is 0 Å². The van der Waals surface area contributed by atoms with E-state index in [2.05, 4.69) is 61.5 Å². The zero-order chi connectivity index (χ0) is 20.3. The minimum Gasteiger partial charge on any atom is -0.494 e. The molecule has 2 heterocycles. The molecular weight excluding hydrogens is 384 g/mol. The van der Waals surface area contributed by atoms with E-state index in [1.165, 1.54) is 49.6 Å². The Labute approximate surface area is 178 Å². The van der Waals surface area contributed by atoms with Crippen molar-refractivity contribution in [2.24, 2.45) is 0 Å². The molecule has 0 bridgehead atoms. The van der Waals surface area contributed by atoms with Gasteiger partial charge in [-0.1, -0.05) is 18.6 Å². The molecule has 0 saturated carbocycles. The number of nitrogens with zero attached hydrogens (tertiary/aromatic N) is 4. The normalized spacial score (nSPS) is 14.9. The topological polar surface area (TPSA) is 65.5 Å². The number of likely N-dealkylation sites (N-methyl/N-ethyl adjacent to an activating group) is 1. The molecule has 160 valence electrons. The highest BCUT2D eigenvalue weighted by Gasteiger charge is 2.11. The van der Waals surface area contributed by atoms with Gasteiger partial charge in [0.15, 0.2) is 11.6 Å². The maximum Gasteiger partial charge on any atom is 0.184 e. The van der Waals surface area contributed by atoms with Crippen molar-refractivity contribution in [1.29, 1.82) is 0 Å². The lowest BCUT2D eigenvalue weighted by atomic mass is 10.1. The molecule has 0 spiro atoms. The van der Waals surface area contributed by atoms with Crippen LogP contribution in [0.25, 0.3) is 0 Å². The molecule has 0 amide bonds. The van der Waals surface area contributed by atoms with Crippen LogP contribution in [-0.2, 0) is 6.54 Å². The van der Waals surface area contributed by atoms with Crippen LogP contribution in [0.2, 0.25) is 0 Å². The van der Waals surface area contributed by atoms with Crippen LogP contribution in [0.5, 0.6) is 5.75 Å². The number of anilines is 2. The summed E-state index contributed by atoms with van der Waals surface area (Å²) in [6.45, 7) is 6.76. The van der Waals surface area contributed by atoms with Gasteiger partial charge >= 0.3 is 0 Å². The first-order valence-corrected chi connectivity index (χ1v) is 11.3. The first-order chi connectivity index (χ1) is 14.2. The fourth-order valence-electron chi connectivity index (χ4n) is 3.40. The summed E-state index contributed by atoms with van der Waals surface area (Å²) in [5.41, 5.74) is 1.34. The molecule has 7 nitrogen and oxygen atoms in total. The Balaban J connectivity index is 1.34. The lowest BCUT2D eigenvalue weighted by Gasteiger charge is -2.26. The van der Waals surface area contributed by atoms with Crippen LogP contribution < -0.4 is 15.4 Å². The van der Waals surface area contributed by atoms with Crippen molar-refractivity contribution < 1.29 is 4.74 Å². The predicted octanol–water partition coefficient (Wildman–Crippen LogP) is 3.38. The largest absolute Gasteiger partial charge is 0.494 e. The molecule has 1 aromatic heterocycles. The molecule has 1 saturated heterocycles. The minimum absolute atomic E-state index is 0.682. The lowest BCUT2D eigenvalue weighted by molar-refractivity contribution is 0.220. The molecule has 1 fully saturated rings. The van der Waals surface area contributed by atoms with E-state index in [1.807, 2.05) is 6.07 Å². The number of benzene rings is 1. The van der Waals surface area contributed by atoms with Gasteiger partial charge in [-0.05, 0) is 64.1 Å². The first kappa shape index (κ1) is 21.8. The van der Waals surface area contributed by atoms with Crippen molar-refractivity contribution in [1.82, 2.24) is 18.5 Å². The third-order valence-electron chi connectivity index (χ3n) is 4.98. The molecule has 1 aromatic carbocycles. The molecule has 0 unspecified atom stereocenters. The molecule has 8 heteroatoms. The summed E-state index contributed by atoms with van der Waals surface area (Å²) in [6.07, 6.45) is 4.93. The highest BCUT2D eigenvalue weighted by Crippen LogP contribution is 2.19. The van der Waals surface area contributed by atoms with Gasteiger partial charge in [0.05, 0.1) is 18.3 Å². The van der Waals surface area contributed by atoms with Gasteiger partial charge in [0.1, 0.15) is 5.75 Å². The minimum atomic E-state index is 0.682. The number of nitrogens with one attached hydrogen (secondary N) is 2. The number of ether oxygens (including phenoxy) is 1. The second-order valence-corrected chi connectivity index (χ2v) is 8.33. The van der Waals surface area contributed by atoms with Crippen molar-refractivity contribution in [3.8, 4) is 5.75 Å². The second kappa shape index (κ2) is 11.9. The number of rotatable bonds is 12. The van der Waals surface area contributed by atoms with Crippen molar-refractivity contribution >= 4 is 23.4 Å². The summed E-state index contributed by atoms with van der Waals surface area (Å²) in [5, 5.41) is 6.69. The lowest BCUT2D eigenvalue weighted by Crippen LogP contribution is -2.29. The van der Waals surface area contributed by atoms with Crippen LogP contribution in [-0.4, -0.2) is 72.0 Å². The van der Waals surface area contributed by atoms with Crippen LogP contribution in [0.15, 0.2) is 24.3 Å². The SMILES string of the molecule is CN(C)CCNc1nsnc1NCCCOc1cccc(CN2CCCCC2)c1. The summed E-state index contributed by atoms with van der Waals surface area (Å²) < 4.78 is 14.6. The maximum atomic E-state index is 5.96. The standard InChI is InChI=1S/C21H34N6OS/c1-26(2)14-11-23-21-20(24-29-25-21)22-10-7-15-28-19-9-6-8-18(16-19)17-27-12-4-3-5-13-27/h6,8-9,16H,3-5,7,10-15,17H2,1-2H3,(H,22,24)(H,23,25). The number of aromatic nitrogens is 2. The summed E-state index contributed by atoms with van der Waals surface area (Å²) >= 11 is 1.23. The smallest absolute Gasteiger partial charge is 0.184 e. The molecule has 0 atom stereocenters. The first-order valence-electron chi connectivity index (χ1n) is 10.6. The molecule has 1 aliphatic heterocycles. The van der Waals surface area contributed by atoms with Crippen molar-refractivity contribution in [2.75, 3.05) is 64.1 Å². The molecule has 0 radical (unpaired) electrons. The van der Waals surface area contributed by atoms with Gasteiger partial charge < -0.3 is 20.3 Å². The highest BCUT2D eigenvalue weighted by molar-refractivity contribution is 6.99. The van der Waals surface area contributed by atoms with Crippen molar-refractivity contribution in [3.63, 3.8) is 0 Å². The van der Waals surface area contributed by atoms with E-state index in [-0.39, 0.29) is 0 Å². The Morgan fingerprint density at radius 1 is 1.07 bits per heavy atom. The van der Waals surface area contributed by atoms with Crippen LogP contribution in [0, 0.1) is 0 Å². The fraction of sp³-hybridized carbons (Fsp3) is 0.619. The molecule has 3 rings (SSSR count). The highest BCUT2D eigenvalue weighted by atomic mass is 32.1. The van der Waals surface area contributed by atoms with Crippen molar-refractivity contribution in [3.05, 3.63) is 29.8 Å². The van der Waals surface area contributed by atoms with Gasteiger partial charge in [-0.3, -0.25) is 4.90 Å². The van der Waals surface area contributed by atoms with Crippen molar-refractivity contribution in [2.45, 2.75) is 32.2 Å². The molecule has 1 aliphatic rings. The molecular formula is C21H34N6OS. The zero-order valence-corrected chi connectivity index (χ0v) is 18.5. The number of piperidine rings is 1. The number of hydrogen-bond acceptors (Lipinski definition) is 8. The van der Waals surface area contributed by atoms with E-state index in [1.54, 1.807) is 0 Å². The monoisotopic (exact) mass is 418 g/mol. The third kappa shape index (κ3) is 7.79. The Morgan fingerprint density at radius 2 is 1.83 bits per heavy atom. The summed E-state index contributed by atoms with van der Waals surface area (Å²) in [4.78, 5) is 4.68. The molecule has 0 aliphatic carbocycles. The van der Waals surface area contributed by atoms with E-state index in [9.17, 15) is 0 Å². The molecule has 2 aromatic rings. The molecule has 29 heavy (non-hydrogen) atoms. The zero-order valence-electron chi connectivity index (χ0n) is 17.7. The summed E-state index contributed by atoms with van der Waals surface area (Å²) in [6, 6.07) is 8.52.